The van der Waals surface area contributed by atoms with E-state index >= 15 is 0 Å². The topological polar surface area (TPSA) is 38.8 Å². The molecule has 0 saturated carbocycles. The molecule has 0 spiro atoms. The molecule has 114 valence electrons. The fraction of sp³-hybridized carbons (Fsp3) is 0.938. The maximum Gasteiger partial charge on any atom is 0.168 e. The summed E-state index contributed by atoms with van der Waals surface area (Å²) in [5.41, 5.74) is -0.597. The summed E-state index contributed by atoms with van der Waals surface area (Å²) in [4.78, 5) is 15.3. The third kappa shape index (κ3) is 2.53. The van der Waals surface area contributed by atoms with E-state index in [4.69, 9.17) is 9.47 Å². The van der Waals surface area contributed by atoms with Crippen molar-refractivity contribution in [1.29, 1.82) is 0 Å². The van der Waals surface area contributed by atoms with Crippen molar-refractivity contribution in [2.75, 3.05) is 19.7 Å². The van der Waals surface area contributed by atoms with Crippen LogP contribution >= 0.6 is 0 Å². The summed E-state index contributed by atoms with van der Waals surface area (Å²) < 4.78 is 11.9. The number of fused-ring (bicyclic) bond motifs is 1. The van der Waals surface area contributed by atoms with Crippen LogP contribution in [-0.4, -0.2) is 53.7 Å². The largest absolute Gasteiger partial charge is 0.369 e. The number of morpholine rings is 1. The molecule has 4 heteroatoms. The number of carbonyl (C=O) groups is 1. The van der Waals surface area contributed by atoms with Crippen LogP contribution in [0, 0.1) is 5.92 Å². The van der Waals surface area contributed by atoms with Crippen molar-refractivity contribution in [3.05, 3.63) is 0 Å². The number of hydrogen-bond donors (Lipinski definition) is 0. The molecule has 0 aromatic heterocycles. The van der Waals surface area contributed by atoms with Gasteiger partial charge in [0.15, 0.2) is 5.78 Å². The Balaban J connectivity index is 1.70. The fourth-order valence-electron chi connectivity index (χ4n) is 4.22. The number of carbonyl (C=O) groups excluding carboxylic acids is 1. The minimum absolute atomic E-state index is 0.0540. The summed E-state index contributed by atoms with van der Waals surface area (Å²) in [7, 11) is 0. The lowest BCUT2D eigenvalue weighted by Gasteiger charge is -2.36. The van der Waals surface area contributed by atoms with Crippen LogP contribution in [0.4, 0.5) is 0 Å². The van der Waals surface area contributed by atoms with Crippen molar-refractivity contribution in [1.82, 2.24) is 4.90 Å². The fourth-order valence-corrected chi connectivity index (χ4v) is 4.22. The standard InChI is InChI=1S/C16H27NO3/c1-15(2)8-12(16(3,4)20-15)14(18)13-9-17-7-5-6-11(17)10-19-13/h11-13H,5-10H2,1-4H3. The van der Waals surface area contributed by atoms with E-state index in [1.807, 2.05) is 13.8 Å². The Morgan fingerprint density at radius 1 is 1.25 bits per heavy atom. The van der Waals surface area contributed by atoms with Crippen LogP contribution in [-0.2, 0) is 14.3 Å². The van der Waals surface area contributed by atoms with Gasteiger partial charge in [-0.25, -0.2) is 0 Å². The number of ketones is 1. The van der Waals surface area contributed by atoms with Gasteiger partial charge in [-0.2, -0.15) is 0 Å². The van der Waals surface area contributed by atoms with Gasteiger partial charge < -0.3 is 9.47 Å². The second-order valence-electron chi connectivity index (χ2n) is 7.74. The van der Waals surface area contributed by atoms with E-state index in [1.165, 1.54) is 12.8 Å². The van der Waals surface area contributed by atoms with Gasteiger partial charge in [0.1, 0.15) is 6.10 Å². The van der Waals surface area contributed by atoms with Crippen molar-refractivity contribution in [2.24, 2.45) is 5.92 Å². The average Bonchev–Trinajstić information content (AvgIpc) is 2.88. The normalized spacial score (nSPS) is 39.7. The first-order valence-corrected chi connectivity index (χ1v) is 7.88. The van der Waals surface area contributed by atoms with Gasteiger partial charge in [0.05, 0.1) is 23.7 Å². The zero-order valence-electron chi connectivity index (χ0n) is 13.1. The molecule has 3 aliphatic heterocycles. The highest BCUT2D eigenvalue weighted by atomic mass is 16.5. The van der Waals surface area contributed by atoms with E-state index in [2.05, 4.69) is 18.7 Å². The molecule has 3 heterocycles. The molecule has 3 rings (SSSR count). The molecule has 0 N–H and O–H groups in total. The van der Waals surface area contributed by atoms with Crippen LogP contribution in [0.15, 0.2) is 0 Å². The minimum atomic E-state index is -0.383. The van der Waals surface area contributed by atoms with Gasteiger partial charge in [-0.15, -0.1) is 0 Å². The van der Waals surface area contributed by atoms with Crippen molar-refractivity contribution >= 4 is 5.78 Å². The molecule has 3 aliphatic rings. The van der Waals surface area contributed by atoms with Crippen LogP contribution in [0.1, 0.15) is 47.0 Å². The van der Waals surface area contributed by atoms with Gasteiger partial charge in [0, 0.05) is 12.6 Å². The molecule has 0 bridgehead atoms. The van der Waals surface area contributed by atoms with E-state index in [0.717, 1.165) is 19.5 Å². The first kappa shape index (κ1) is 14.5. The van der Waals surface area contributed by atoms with E-state index < -0.39 is 0 Å². The molecule has 3 fully saturated rings. The summed E-state index contributed by atoms with van der Waals surface area (Å²) in [6.45, 7) is 10.8. The monoisotopic (exact) mass is 281 g/mol. The molecule has 0 amide bonds. The van der Waals surface area contributed by atoms with Crippen molar-refractivity contribution in [2.45, 2.75) is 70.3 Å². The molecule has 3 atom stereocenters. The minimum Gasteiger partial charge on any atom is -0.369 e. The molecule has 0 aliphatic carbocycles. The highest BCUT2D eigenvalue weighted by Crippen LogP contribution is 2.43. The summed E-state index contributed by atoms with van der Waals surface area (Å²) >= 11 is 0. The molecule has 20 heavy (non-hydrogen) atoms. The van der Waals surface area contributed by atoms with Crippen LogP contribution in [0.25, 0.3) is 0 Å². The van der Waals surface area contributed by atoms with E-state index in [0.29, 0.717) is 12.6 Å². The predicted octanol–water partition coefficient (Wildman–Crippen LogP) is 2.01. The summed E-state index contributed by atoms with van der Waals surface area (Å²) in [6, 6.07) is 0.545. The maximum absolute atomic E-state index is 12.9. The first-order valence-electron chi connectivity index (χ1n) is 7.88. The molecular formula is C16H27NO3. The van der Waals surface area contributed by atoms with Crippen LogP contribution in [0.2, 0.25) is 0 Å². The zero-order valence-corrected chi connectivity index (χ0v) is 13.1. The molecule has 0 aromatic carbocycles. The third-order valence-corrected chi connectivity index (χ3v) is 5.12. The Labute approximate surface area is 121 Å². The number of hydrogen-bond acceptors (Lipinski definition) is 4. The molecule has 4 nitrogen and oxygen atoms in total. The molecule has 0 aromatic rings. The SMILES string of the molecule is CC1(C)CC(C(=O)C2CN3CCCC3CO2)C(C)(C)O1. The summed E-state index contributed by atoms with van der Waals surface area (Å²) in [5.74, 6) is 0.188. The Morgan fingerprint density at radius 3 is 2.65 bits per heavy atom. The van der Waals surface area contributed by atoms with E-state index in [-0.39, 0.29) is 29.0 Å². The Hall–Kier alpha value is -0.450. The second-order valence-corrected chi connectivity index (χ2v) is 7.74. The van der Waals surface area contributed by atoms with E-state index in [9.17, 15) is 4.79 Å². The summed E-state index contributed by atoms with van der Waals surface area (Å²) in [6.07, 6.45) is 2.99. The number of Topliss-reactive ketones (excluding diaryl/α,β-unsaturated/α-hetero) is 1. The number of ether oxygens (including phenoxy) is 2. The van der Waals surface area contributed by atoms with Crippen molar-refractivity contribution in [3.8, 4) is 0 Å². The van der Waals surface area contributed by atoms with Crippen LogP contribution in [0.3, 0.4) is 0 Å². The lowest BCUT2D eigenvalue weighted by atomic mass is 9.82. The number of rotatable bonds is 2. The number of nitrogens with zero attached hydrogens (tertiary/aromatic N) is 1. The molecule has 3 saturated heterocycles. The zero-order chi connectivity index (χ0) is 14.5. The highest BCUT2D eigenvalue weighted by molar-refractivity contribution is 5.87. The molecule has 3 unspecified atom stereocenters. The smallest absolute Gasteiger partial charge is 0.168 e. The highest BCUT2D eigenvalue weighted by Gasteiger charge is 2.51. The first-order chi connectivity index (χ1) is 9.28. The van der Waals surface area contributed by atoms with Crippen molar-refractivity contribution in [3.63, 3.8) is 0 Å². The quantitative estimate of drug-likeness (QED) is 0.776. The van der Waals surface area contributed by atoms with Gasteiger partial charge in [0.2, 0.25) is 0 Å². The van der Waals surface area contributed by atoms with E-state index in [1.54, 1.807) is 0 Å². The average molecular weight is 281 g/mol. The lowest BCUT2D eigenvalue weighted by molar-refractivity contribution is -0.148. The van der Waals surface area contributed by atoms with Gasteiger partial charge in [-0.1, -0.05) is 0 Å². The summed E-state index contributed by atoms with van der Waals surface area (Å²) in [5, 5.41) is 0. The Bertz CT molecular complexity index is 405. The van der Waals surface area contributed by atoms with Crippen molar-refractivity contribution < 1.29 is 14.3 Å². The molecular weight excluding hydrogens is 254 g/mol. The Kier molecular flexibility index (Phi) is 3.47. The van der Waals surface area contributed by atoms with Crippen LogP contribution in [0.5, 0.6) is 0 Å². The van der Waals surface area contributed by atoms with Gasteiger partial charge in [-0.05, 0) is 53.5 Å². The second kappa shape index (κ2) is 4.79. The molecule has 0 radical (unpaired) electrons. The Morgan fingerprint density at radius 2 is 2.00 bits per heavy atom. The third-order valence-electron chi connectivity index (χ3n) is 5.12. The maximum atomic E-state index is 12.9. The predicted molar refractivity (Wildman–Crippen MR) is 76.7 cm³/mol. The van der Waals surface area contributed by atoms with Crippen LogP contribution < -0.4 is 0 Å². The van der Waals surface area contributed by atoms with Gasteiger partial charge >= 0.3 is 0 Å². The van der Waals surface area contributed by atoms with Gasteiger partial charge in [-0.3, -0.25) is 9.69 Å². The van der Waals surface area contributed by atoms with Gasteiger partial charge in [0.25, 0.3) is 0 Å². The lowest BCUT2D eigenvalue weighted by Crippen LogP contribution is -2.52.